The zero-order valence-electron chi connectivity index (χ0n) is 11.3. The number of ether oxygens (including phenoxy) is 2. The van der Waals surface area contributed by atoms with Gasteiger partial charge in [-0.05, 0) is 6.92 Å². The molecule has 1 aliphatic heterocycles. The Hall–Kier alpha value is -1.48. The number of aromatic amines is 1. The highest BCUT2D eigenvalue weighted by Crippen LogP contribution is 2.34. The third-order valence-corrected chi connectivity index (χ3v) is 3.58. The topological polar surface area (TPSA) is 114 Å². The van der Waals surface area contributed by atoms with Crippen molar-refractivity contribution in [3.63, 3.8) is 0 Å². The highest BCUT2D eigenvalue weighted by atomic mass is 16.6. The molecule has 0 amide bonds. The van der Waals surface area contributed by atoms with Gasteiger partial charge in [0.15, 0.2) is 6.23 Å². The van der Waals surface area contributed by atoms with E-state index in [2.05, 4.69) is 4.98 Å². The van der Waals surface area contributed by atoms with E-state index in [9.17, 15) is 19.8 Å². The summed E-state index contributed by atoms with van der Waals surface area (Å²) in [6.07, 6.45) is -0.655. The molecule has 2 heterocycles. The second kappa shape index (κ2) is 6.99. The number of nitrogens with zero attached hydrogens (tertiary/aromatic N) is 1. The molecule has 1 saturated heterocycles. The number of aromatic nitrogens is 2. The molecule has 0 aliphatic carbocycles. The summed E-state index contributed by atoms with van der Waals surface area (Å²) in [6.45, 7) is 1.04. The maximum absolute atomic E-state index is 11.9. The van der Waals surface area contributed by atoms with Crippen LogP contribution in [-0.4, -0.2) is 52.3 Å². The van der Waals surface area contributed by atoms with Gasteiger partial charge in [0.25, 0.3) is 5.56 Å². The van der Waals surface area contributed by atoms with E-state index in [4.69, 9.17) is 9.47 Å². The first-order chi connectivity index (χ1) is 9.53. The Morgan fingerprint density at radius 1 is 1.38 bits per heavy atom. The number of aliphatic hydroxyl groups is 2. The van der Waals surface area contributed by atoms with E-state index in [0.29, 0.717) is 5.56 Å². The average Bonchev–Trinajstić information content (AvgIpc) is 2.80. The first kappa shape index (κ1) is 17.6. The number of aliphatic hydroxyl groups excluding tert-OH is 2. The second-order valence-corrected chi connectivity index (χ2v) is 4.77. The SMILES string of the molecule is C.COC1C(CO)[C@@H](CO)O[C@H]1n1cc(C)c(=O)[nH]c1=O. The first-order valence-corrected chi connectivity index (χ1v) is 6.25. The number of nitrogens with one attached hydrogen (secondary N) is 1. The molecule has 0 bridgehead atoms. The molecular formula is C13H22N2O6. The lowest BCUT2D eigenvalue weighted by atomic mass is 9.99. The van der Waals surface area contributed by atoms with E-state index < -0.39 is 35.6 Å². The largest absolute Gasteiger partial charge is 0.396 e. The number of H-pyrrole nitrogens is 1. The van der Waals surface area contributed by atoms with Gasteiger partial charge in [-0.25, -0.2) is 4.79 Å². The van der Waals surface area contributed by atoms with Gasteiger partial charge >= 0.3 is 5.69 Å². The van der Waals surface area contributed by atoms with Crippen LogP contribution in [0.2, 0.25) is 0 Å². The van der Waals surface area contributed by atoms with Crippen LogP contribution in [0.4, 0.5) is 0 Å². The summed E-state index contributed by atoms with van der Waals surface area (Å²) in [5.74, 6) is -0.450. The molecule has 2 rings (SSSR count). The van der Waals surface area contributed by atoms with Gasteiger partial charge in [-0.3, -0.25) is 14.3 Å². The summed E-state index contributed by atoms with van der Waals surface area (Å²) in [5.41, 5.74) is -0.727. The van der Waals surface area contributed by atoms with Gasteiger partial charge in [-0.1, -0.05) is 7.43 Å². The Bertz CT molecular complexity index is 581. The quantitative estimate of drug-likeness (QED) is 0.657. The molecule has 0 radical (unpaired) electrons. The fourth-order valence-corrected chi connectivity index (χ4v) is 2.47. The van der Waals surface area contributed by atoms with E-state index >= 15 is 0 Å². The van der Waals surface area contributed by atoms with E-state index in [-0.39, 0.29) is 20.6 Å². The molecule has 1 aromatic heterocycles. The van der Waals surface area contributed by atoms with Crippen molar-refractivity contribution in [1.82, 2.24) is 9.55 Å². The molecule has 2 unspecified atom stereocenters. The van der Waals surface area contributed by atoms with Gasteiger partial charge in [0, 0.05) is 24.8 Å². The minimum Gasteiger partial charge on any atom is -0.396 e. The lowest BCUT2D eigenvalue weighted by molar-refractivity contribution is -0.0626. The highest BCUT2D eigenvalue weighted by Gasteiger charge is 2.45. The number of methoxy groups -OCH3 is 1. The lowest BCUT2D eigenvalue weighted by Crippen LogP contribution is -2.38. The van der Waals surface area contributed by atoms with Gasteiger partial charge in [0.05, 0.1) is 19.3 Å². The van der Waals surface area contributed by atoms with Crippen molar-refractivity contribution in [2.75, 3.05) is 20.3 Å². The summed E-state index contributed by atoms with van der Waals surface area (Å²) in [5, 5.41) is 18.7. The Labute approximate surface area is 122 Å². The van der Waals surface area contributed by atoms with Crippen molar-refractivity contribution in [3.8, 4) is 0 Å². The third kappa shape index (κ3) is 3.08. The van der Waals surface area contributed by atoms with Gasteiger partial charge < -0.3 is 19.7 Å². The standard InChI is InChI=1S/C12H18N2O6.CH4/c1-6-3-14(12(18)13-10(6)17)11-9(19-2)7(4-15)8(5-16)20-11;/h3,7-9,11,15-16H,4-5H2,1-2H3,(H,13,17,18);1H4/t7?,8-,9?,11-;/m1./s1. The maximum Gasteiger partial charge on any atom is 0.330 e. The van der Waals surface area contributed by atoms with Crippen molar-refractivity contribution in [1.29, 1.82) is 0 Å². The molecule has 1 fully saturated rings. The summed E-state index contributed by atoms with van der Waals surface area (Å²) in [6, 6.07) is 0. The highest BCUT2D eigenvalue weighted by molar-refractivity contribution is 5.03. The van der Waals surface area contributed by atoms with E-state index in [1.54, 1.807) is 6.92 Å². The average molecular weight is 302 g/mol. The predicted molar refractivity (Wildman–Crippen MR) is 75.2 cm³/mol. The third-order valence-electron chi connectivity index (χ3n) is 3.58. The minimum atomic E-state index is -0.808. The van der Waals surface area contributed by atoms with Gasteiger partial charge in [0.2, 0.25) is 0 Å². The normalized spacial score (nSPS) is 28.4. The molecule has 0 spiro atoms. The Balaban J connectivity index is 0.00000220. The van der Waals surface area contributed by atoms with Crippen molar-refractivity contribution in [2.24, 2.45) is 5.92 Å². The molecular weight excluding hydrogens is 280 g/mol. The Morgan fingerprint density at radius 2 is 2.05 bits per heavy atom. The molecule has 3 N–H and O–H groups in total. The van der Waals surface area contributed by atoms with Crippen molar-refractivity contribution in [3.05, 3.63) is 32.6 Å². The smallest absolute Gasteiger partial charge is 0.330 e. The Morgan fingerprint density at radius 3 is 2.57 bits per heavy atom. The molecule has 8 nitrogen and oxygen atoms in total. The van der Waals surface area contributed by atoms with Crippen LogP contribution in [0.3, 0.4) is 0 Å². The van der Waals surface area contributed by atoms with Crippen LogP contribution in [0, 0.1) is 12.8 Å². The number of aryl methyl sites for hydroxylation is 1. The monoisotopic (exact) mass is 302 g/mol. The zero-order valence-corrected chi connectivity index (χ0v) is 11.3. The van der Waals surface area contributed by atoms with Crippen molar-refractivity contribution in [2.45, 2.75) is 32.8 Å². The predicted octanol–water partition coefficient (Wildman–Crippen LogP) is -1.01. The number of rotatable bonds is 4. The van der Waals surface area contributed by atoms with Crippen molar-refractivity contribution >= 4 is 0 Å². The molecule has 1 aliphatic rings. The Kier molecular flexibility index (Phi) is 5.85. The van der Waals surface area contributed by atoms with Crippen LogP contribution >= 0.6 is 0 Å². The van der Waals surface area contributed by atoms with E-state index in [1.165, 1.54) is 17.9 Å². The zero-order chi connectivity index (χ0) is 14.9. The summed E-state index contributed by atoms with van der Waals surface area (Å²) in [4.78, 5) is 25.4. The second-order valence-electron chi connectivity index (χ2n) is 4.77. The summed E-state index contributed by atoms with van der Waals surface area (Å²) in [7, 11) is 1.44. The van der Waals surface area contributed by atoms with Crippen LogP contribution in [0.1, 0.15) is 19.2 Å². The van der Waals surface area contributed by atoms with Crippen LogP contribution in [-0.2, 0) is 9.47 Å². The summed E-state index contributed by atoms with van der Waals surface area (Å²) >= 11 is 0. The molecule has 21 heavy (non-hydrogen) atoms. The minimum absolute atomic E-state index is 0. The molecule has 1 aromatic rings. The first-order valence-electron chi connectivity index (χ1n) is 6.25. The molecule has 0 saturated carbocycles. The summed E-state index contributed by atoms with van der Waals surface area (Å²) < 4.78 is 12.1. The van der Waals surface area contributed by atoms with Crippen LogP contribution < -0.4 is 11.2 Å². The van der Waals surface area contributed by atoms with Crippen molar-refractivity contribution < 1.29 is 19.7 Å². The van der Waals surface area contributed by atoms with Gasteiger partial charge in [-0.15, -0.1) is 0 Å². The molecule has 120 valence electrons. The number of hydrogen-bond acceptors (Lipinski definition) is 6. The molecule has 0 aromatic carbocycles. The van der Waals surface area contributed by atoms with Crippen LogP contribution in [0.25, 0.3) is 0 Å². The molecule has 8 heteroatoms. The van der Waals surface area contributed by atoms with Crippen LogP contribution in [0.15, 0.2) is 15.8 Å². The molecule has 4 atom stereocenters. The van der Waals surface area contributed by atoms with E-state index in [1.807, 2.05) is 0 Å². The van der Waals surface area contributed by atoms with E-state index in [0.717, 1.165) is 0 Å². The lowest BCUT2D eigenvalue weighted by Gasteiger charge is -2.22. The van der Waals surface area contributed by atoms with Gasteiger partial charge in [0.1, 0.15) is 6.10 Å². The fourth-order valence-electron chi connectivity index (χ4n) is 2.47. The van der Waals surface area contributed by atoms with Gasteiger partial charge in [-0.2, -0.15) is 0 Å². The maximum atomic E-state index is 11.9. The number of hydrogen-bond donors (Lipinski definition) is 3. The fraction of sp³-hybridized carbons (Fsp3) is 0.692. The van der Waals surface area contributed by atoms with Crippen LogP contribution in [0.5, 0.6) is 0 Å².